The Kier molecular flexibility index (Phi) is 7.45. The van der Waals surface area contributed by atoms with Crippen LogP contribution in [0.3, 0.4) is 0 Å². The minimum atomic E-state index is -3.06. The summed E-state index contributed by atoms with van der Waals surface area (Å²) in [5.74, 6) is -2.16. The smallest absolute Gasteiger partial charge is 0.287 e. The number of amides is 1. The molecule has 1 saturated carbocycles. The van der Waals surface area contributed by atoms with Gasteiger partial charge in [-0.05, 0) is 79.8 Å². The van der Waals surface area contributed by atoms with Gasteiger partial charge in [-0.1, -0.05) is 39.2 Å². The highest BCUT2D eigenvalue weighted by Crippen LogP contribution is 2.36. The summed E-state index contributed by atoms with van der Waals surface area (Å²) in [4.78, 5) is 17.1. The van der Waals surface area contributed by atoms with Gasteiger partial charge in [-0.25, -0.2) is 0 Å². The molecule has 0 bridgehead atoms. The number of aryl methyl sites for hydroxylation is 2. The molecule has 1 unspecified atom stereocenters. The van der Waals surface area contributed by atoms with E-state index in [0.29, 0.717) is 29.3 Å². The molecule has 1 N–H and O–H groups in total. The van der Waals surface area contributed by atoms with Gasteiger partial charge in [-0.3, -0.25) is 9.78 Å². The number of carbonyl (C=O) groups is 1. The predicted molar refractivity (Wildman–Crippen MR) is 122 cm³/mol. The van der Waals surface area contributed by atoms with E-state index in [4.69, 9.17) is 0 Å². The zero-order valence-electron chi connectivity index (χ0n) is 19.1. The highest BCUT2D eigenvalue weighted by Gasteiger charge is 2.29. The molecule has 2 atom stereocenters. The van der Waals surface area contributed by atoms with E-state index >= 15 is 0 Å². The molecule has 0 radical (unpaired) electrons. The number of anilines is 1. The summed E-state index contributed by atoms with van der Waals surface area (Å²) in [6.45, 7) is 7.17. The number of carbonyl (C=O) groups excluding carboxylic acids is 1. The maximum absolute atomic E-state index is 14.1. The van der Waals surface area contributed by atoms with Gasteiger partial charge >= 0.3 is 0 Å². The number of nitrogens with zero attached hydrogens (tertiary/aromatic N) is 1. The van der Waals surface area contributed by atoms with Crippen LogP contribution >= 0.6 is 0 Å². The maximum Gasteiger partial charge on any atom is 0.287 e. The molecule has 1 aliphatic carbocycles. The van der Waals surface area contributed by atoms with Crippen molar-refractivity contribution in [3.05, 3.63) is 58.4 Å². The number of pyridine rings is 1. The van der Waals surface area contributed by atoms with Gasteiger partial charge in [0.1, 0.15) is 5.69 Å². The van der Waals surface area contributed by atoms with Crippen molar-refractivity contribution in [2.24, 2.45) is 11.8 Å². The Morgan fingerprint density at radius 2 is 1.90 bits per heavy atom. The molecule has 1 heterocycles. The Hall–Kier alpha value is -2.30. The summed E-state index contributed by atoms with van der Waals surface area (Å²) in [5.41, 5.74) is 3.54. The van der Waals surface area contributed by atoms with E-state index in [1.165, 1.54) is 18.1 Å². The minimum Gasteiger partial charge on any atom is -0.322 e. The summed E-state index contributed by atoms with van der Waals surface area (Å²) in [5, 5.41) is 2.82. The van der Waals surface area contributed by atoms with Crippen molar-refractivity contribution in [3.8, 4) is 0 Å². The van der Waals surface area contributed by atoms with Gasteiger partial charge in [0.15, 0.2) is 0 Å². The van der Waals surface area contributed by atoms with Crippen LogP contribution in [0.2, 0.25) is 0 Å². The molecular formula is C26H34F2N2O. The van der Waals surface area contributed by atoms with Gasteiger partial charge in [-0.15, -0.1) is 0 Å². The fourth-order valence-electron chi connectivity index (χ4n) is 4.61. The standard InChI is InChI=1S/C26H34F2N2O/c1-5-7-20-10-11-21(12-17(20)3)25(31)30-23-15-22(29-24(16-23)26(4,27)28)14-19-9-8-18(6-2)13-19/h10-12,15-16,18-19H,5-9,13-14H2,1-4H3,(H,29,30,31)/t18-,19?/m1/s1. The van der Waals surface area contributed by atoms with Crippen LogP contribution in [0.15, 0.2) is 30.3 Å². The van der Waals surface area contributed by atoms with Crippen LogP contribution in [0.4, 0.5) is 14.5 Å². The van der Waals surface area contributed by atoms with Crippen molar-refractivity contribution in [1.82, 2.24) is 4.98 Å². The molecule has 168 valence electrons. The lowest BCUT2D eigenvalue weighted by Crippen LogP contribution is -2.17. The van der Waals surface area contributed by atoms with Gasteiger partial charge in [0.2, 0.25) is 0 Å². The van der Waals surface area contributed by atoms with Crippen molar-refractivity contribution >= 4 is 11.6 Å². The number of aromatic nitrogens is 1. The number of benzene rings is 1. The van der Waals surface area contributed by atoms with Crippen LogP contribution in [0.25, 0.3) is 0 Å². The molecule has 0 saturated heterocycles. The van der Waals surface area contributed by atoms with Crippen molar-refractivity contribution < 1.29 is 13.6 Å². The van der Waals surface area contributed by atoms with E-state index in [1.807, 2.05) is 19.1 Å². The normalized spacial score (nSPS) is 18.9. The molecule has 1 aliphatic rings. The minimum absolute atomic E-state index is 0.291. The molecule has 31 heavy (non-hydrogen) atoms. The predicted octanol–water partition coefficient (Wildman–Crippen LogP) is 7.08. The summed E-state index contributed by atoms with van der Waals surface area (Å²) >= 11 is 0. The van der Waals surface area contributed by atoms with Gasteiger partial charge in [0.25, 0.3) is 11.8 Å². The molecule has 1 amide bonds. The molecule has 1 fully saturated rings. The molecule has 3 rings (SSSR count). The first-order valence-corrected chi connectivity index (χ1v) is 11.5. The average Bonchev–Trinajstić information content (AvgIpc) is 3.16. The average molecular weight is 429 g/mol. The van der Waals surface area contributed by atoms with Crippen LogP contribution < -0.4 is 5.32 Å². The second-order valence-electron chi connectivity index (χ2n) is 9.12. The first-order valence-electron chi connectivity index (χ1n) is 11.5. The van der Waals surface area contributed by atoms with E-state index in [2.05, 4.69) is 24.1 Å². The quantitative estimate of drug-likeness (QED) is 0.488. The van der Waals surface area contributed by atoms with Crippen LogP contribution in [-0.4, -0.2) is 10.9 Å². The fraction of sp³-hybridized carbons (Fsp3) is 0.538. The largest absolute Gasteiger partial charge is 0.322 e. The Bertz CT molecular complexity index is 920. The van der Waals surface area contributed by atoms with E-state index in [0.717, 1.165) is 50.5 Å². The lowest BCUT2D eigenvalue weighted by Gasteiger charge is -2.16. The Balaban J connectivity index is 1.81. The molecule has 5 heteroatoms. The highest BCUT2D eigenvalue weighted by molar-refractivity contribution is 6.04. The number of nitrogens with one attached hydrogen (secondary N) is 1. The molecule has 1 aromatic heterocycles. The number of alkyl halides is 2. The first-order chi connectivity index (χ1) is 14.7. The molecule has 0 aliphatic heterocycles. The van der Waals surface area contributed by atoms with Crippen LogP contribution in [0.5, 0.6) is 0 Å². The molecule has 0 spiro atoms. The van der Waals surface area contributed by atoms with Gasteiger partial charge < -0.3 is 5.32 Å². The first kappa shape index (κ1) is 23.4. The number of hydrogen-bond acceptors (Lipinski definition) is 2. The number of halogens is 2. The van der Waals surface area contributed by atoms with Crippen molar-refractivity contribution in [2.45, 2.75) is 78.6 Å². The Morgan fingerprint density at radius 1 is 1.16 bits per heavy atom. The molecular weight excluding hydrogens is 394 g/mol. The Labute approximate surface area is 184 Å². The van der Waals surface area contributed by atoms with E-state index < -0.39 is 5.92 Å². The van der Waals surface area contributed by atoms with Gasteiger partial charge in [0.05, 0.1) is 0 Å². The lowest BCUT2D eigenvalue weighted by molar-refractivity contribution is 0.0126. The monoisotopic (exact) mass is 428 g/mol. The summed E-state index contributed by atoms with van der Waals surface area (Å²) in [7, 11) is 0. The zero-order chi connectivity index (χ0) is 22.6. The molecule has 1 aromatic carbocycles. The lowest BCUT2D eigenvalue weighted by atomic mass is 9.98. The number of hydrogen-bond donors (Lipinski definition) is 1. The van der Waals surface area contributed by atoms with Gasteiger partial charge in [-0.2, -0.15) is 8.78 Å². The highest BCUT2D eigenvalue weighted by atomic mass is 19.3. The van der Waals surface area contributed by atoms with Crippen molar-refractivity contribution in [2.75, 3.05) is 5.32 Å². The SMILES string of the molecule is CCCc1ccc(C(=O)Nc2cc(CC3CC[C@@H](CC)C3)nc(C(C)(F)F)c2)cc1C. The topological polar surface area (TPSA) is 42.0 Å². The second kappa shape index (κ2) is 9.88. The summed E-state index contributed by atoms with van der Waals surface area (Å²) in [6, 6.07) is 8.69. The summed E-state index contributed by atoms with van der Waals surface area (Å²) in [6.07, 6.45) is 7.27. The van der Waals surface area contributed by atoms with Crippen LogP contribution in [0, 0.1) is 18.8 Å². The van der Waals surface area contributed by atoms with Gasteiger partial charge in [0, 0.05) is 23.9 Å². The third-order valence-electron chi connectivity index (χ3n) is 6.44. The van der Waals surface area contributed by atoms with E-state index in [1.54, 1.807) is 12.1 Å². The van der Waals surface area contributed by atoms with Crippen LogP contribution in [0.1, 0.15) is 85.7 Å². The maximum atomic E-state index is 14.1. The molecule has 3 nitrogen and oxygen atoms in total. The number of rotatable bonds is 8. The Morgan fingerprint density at radius 3 is 2.52 bits per heavy atom. The second-order valence-corrected chi connectivity index (χ2v) is 9.12. The van der Waals surface area contributed by atoms with E-state index in [9.17, 15) is 13.6 Å². The third kappa shape index (κ3) is 6.11. The zero-order valence-corrected chi connectivity index (χ0v) is 19.1. The van der Waals surface area contributed by atoms with Crippen molar-refractivity contribution in [1.29, 1.82) is 0 Å². The third-order valence-corrected chi connectivity index (χ3v) is 6.44. The fourth-order valence-corrected chi connectivity index (χ4v) is 4.61. The van der Waals surface area contributed by atoms with E-state index in [-0.39, 0.29) is 11.6 Å². The summed E-state index contributed by atoms with van der Waals surface area (Å²) < 4.78 is 28.2. The van der Waals surface area contributed by atoms with Crippen molar-refractivity contribution in [3.63, 3.8) is 0 Å². The molecule has 2 aromatic rings. The van der Waals surface area contributed by atoms with Crippen LogP contribution in [-0.2, 0) is 18.8 Å².